The SMILES string of the molecule is CCCCCCCC(C)(C)c1cc(O)c2c(c1)OC(C)(C)[C@@H]1CC[C@@H](O)C[C@@H]21. The van der Waals surface area contributed by atoms with E-state index in [0.717, 1.165) is 42.6 Å². The molecular formula is C25H40O3. The predicted molar refractivity (Wildman–Crippen MR) is 115 cm³/mol. The zero-order valence-electron chi connectivity index (χ0n) is 18.6. The zero-order chi connectivity index (χ0) is 20.5. The molecule has 0 amide bonds. The summed E-state index contributed by atoms with van der Waals surface area (Å²) < 4.78 is 6.46. The molecule has 2 aliphatic rings. The third-order valence-electron chi connectivity index (χ3n) is 7.27. The van der Waals surface area contributed by atoms with Crippen LogP contribution in [0.5, 0.6) is 11.5 Å². The van der Waals surface area contributed by atoms with Gasteiger partial charge in [0.05, 0.1) is 6.10 Å². The predicted octanol–water partition coefficient (Wildman–Crippen LogP) is 6.45. The van der Waals surface area contributed by atoms with Crippen molar-refractivity contribution >= 4 is 0 Å². The first-order valence-electron chi connectivity index (χ1n) is 11.4. The summed E-state index contributed by atoms with van der Waals surface area (Å²) in [4.78, 5) is 0. The molecule has 1 saturated carbocycles. The van der Waals surface area contributed by atoms with E-state index in [9.17, 15) is 10.2 Å². The fraction of sp³-hybridized carbons (Fsp3) is 0.760. The fourth-order valence-electron chi connectivity index (χ4n) is 5.43. The van der Waals surface area contributed by atoms with Crippen LogP contribution in [0.25, 0.3) is 0 Å². The molecule has 2 N–H and O–H groups in total. The summed E-state index contributed by atoms with van der Waals surface area (Å²) in [5, 5.41) is 21.2. The van der Waals surface area contributed by atoms with Crippen molar-refractivity contribution in [2.75, 3.05) is 0 Å². The van der Waals surface area contributed by atoms with Crippen LogP contribution in [0.4, 0.5) is 0 Å². The van der Waals surface area contributed by atoms with Gasteiger partial charge in [0.15, 0.2) is 0 Å². The van der Waals surface area contributed by atoms with Crippen molar-refractivity contribution in [3.63, 3.8) is 0 Å². The lowest BCUT2D eigenvalue weighted by Gasteiger charge is -2.48. The van der Waals surface area contributed by atoms with Gasteiger partial charge >= 0.3 is 0 Å². The fourth-order valence-corrected chi connectivity index (χ4v) is 5.43. The van der Waals surface area contributed by atoms with E-state index in [-0.39, 0.29) is 23.0 Å². The molecule has 3 atom stereocenters. The van der Waals surface area contributed by atoms with Gasteiger partial charge in [0.2, 0.25) is 0 Å². The molecule has 28 heavy (non-hydrogen) atoms. The number of unbranched alkanes of at least 4 members (excludes halogenated alkanes) is 4. The Labute approximate surface area is 171 Å². The lowest BCUT2D eigenvalue weighted by molar-refractivity contribution is -0.0318. The minimum atomic E-state index is -0.276. The number of aromatic hydroxyl groups is 1. The van der Waals surface area contributed by atoms with Gasteiger partial charge in [-0.3, -0.25) is 0 Å². The Kier molecular flexibility index (Phi) is 6.34. The van der Waals surface area contributed by atoms with Gasteiger partial charge in [0.25, 0.3) is 0 Å². The summed E-state index contributed by atoms with van der Waals surface area (Å²) in [7, 11) is 0. The number of aliphatic hydroxyl groups is 1. The Morgan fingerprint density at radius 2 is 1.82 bits per heavy atom. The summed E-state index contributed by atoms with van der Waals surface area (Å²) in [5.41, 5.74) is 1.82. The molecule has 158 valence electrons. The average molecular weight is 389 g/mol. The average Bonchev–Trinajstić information content (AvgIpc) is 2.60. The standard InChI is InChI=1S/C25H40O3/c1-6-7-8-9-10-13-24(2,3)17-14-21(27)23-19-16-18(26)11-12-20(19)25(4,5)28-22(23)15-17/h14-15,18-20,26-27H,6-13,16H2,1-5H3/t18-,19-,20-/m1/s1. The number of hydrogen-bond acceptors (Lipinski definition) is 3. The van der Waals surface area contributed by atoms with Crippen molar-refractivity contribution in [3.8, 4) is 11.5 Å². The molecule has 1 fully saturated rings. The third-order valence-corrected chi connectivity index (χ3v) is 7.27. The van der Waals surface area contributed by atoms with Gasteiger partial charge in [-0.05, 0) is 62.6 Å². The van der Waals surface area contributed by atoms with Crippen LogP contribution in [0.2, 0.25) is 0 Å². The molecule has 0 radical (unpaired) electrons. The lowest BCUT2D eigenvalue weighted by Crippen LogP contribution is -2.47. The Hall–Kier alpha value is -1.22. The van der Waals surface area contributed by atoms with E-state index in [4.69, 9.17) is 4.74 Å². The lowest BCUT2D eigenvalue weighted by atomic mass is 9.65. The highest BCUT2D eigenvalue weighted by atomic mass is 16.5. The summed E-state index contributed by atoms with van der Waals surface area (Å²) in [6.07, 6.45) is 9.72. The first-order valence-corrected chi connectivity index (χ1v) is 11.4. The molecule has 3 heteroatoms. The topological polar surface area (TPSA) is 49.7 Å². The highest BCUT2D eigenvalue weighted by Gasteiger charge is 2.47. The Morgan fingerprint density at radius 1 is 1.11 bits per heavy atom. The number of phenolic OH excluding ortho intramolecular Hbond substituents is 1. The number of phenols is 1. The van der Waals surface area contributed by atoms with E-state index >= 15 is 0 Å². The van der Waals surface area contributed by atoms with Crippen LogP contribution in [0.15, 0.2) is 12.1 Å². The van der Waals surface area contributed by atoms with Gasteiger partial charge in [-0.25, -0.2) is 0 Å². The smallest absolute Gasteiger partial charge is 0.127 e. The molecule has 3 nitrogen and oxygen atoms in total. The maximum Gasteiger partial charge on any atom is 0.127 e. The second-order valence-corrected chi connectivity index (χ2v) is 10.3. The van der Waals surface area contributed by atoms with Gasteiger partial charge in [-0.15, -0.1) is 0 Å². The molecule has 0 unspecified atom stereocenters. The number of aliphatic hydroxyl groups excluding tert-OH is 1. The Morgan fingerprint density at radius 3 is 2.54 bits per heavy atom. The van der Waals surface area contributed by atoms with Gasteiger partial charge in [-0.1, -0.05) is 52.9 Å². The number of hydrogen-bond donors (Lipinski definition) is 2. The van der Waals surface area contributed by atoms with Gasteiger partial charge < -0.3 is 14.9 Å². The first-order chi connectivity index (χ1) is 13.2. The Bertz CT molecular complexity index is 677. The molecule has 1 aromatic carbocycles. The van der Waals surface area contributed by atoms with E-state index in [1.165, 1.54) is 32.1 Å². The Balaban J connectivity index is 1.85. The van der Waals surface area contributed by atoms with Gasteiger partial charge in [0, 0.05) is 17.4 Å². The second kappa shape index (κ2) is 8.26. The minimum Gasteiger partial charge on any atom is -0.508 e. The summed E-state index contributed by atoms with van der Waals surface area (Å²) >= 11 is 0. The maximum atomic E-state index is 11.0. The molecule has 0 aromatic heterocycles. The van der Waals surface area contributed by atoms with Crippen molar-refractivity contribution in [1.29, 1.82) is 0 Å². The molecule has 0 spiro atoms. The molecule has 1 aliphatic heterocycles. The van der Waals surface area contributed by atoms with Crippen LogP contribution in [0.3, 0.4) is 0 Å². The molecule has 1 heterocycles. The van der Waals surface area contributed by atoms with Crippen LogP contribution in [0.1, 0.15) is 109 Å². The van der Waals surface area contributed by atoms with Crippen molar-refractivity contribution in [1.82, 2.24) is 0 Å². The zero-order valence-corrected chi connectivity index (χ0v) is 18.6. The largest absolute Gasteiger partial charge is 0.508 e. The van der Waals surface area contributed by atoms with E-state index in [2.05, 4.69) is 40.7 Å². The first kappa shape index (κ1) is 21.5. The number of benzene rings is 1. The van der Waals surface area contributed by atoms with E-state index < -0.39 is 0 Å². The number of ether oxygens (including phenoxy) is 1. The van der Waals surface area contributed by atoms with Crippen LogP contribution in [0, 0.1) is 5.92 Å². The van der Waals surface area contributed by atoms with E-state index in [1.807, 2.05) is 6.07 Å². The molecule has 1 aromatic rings. The molecule has 1 aliphatic carbocycles. The highest BCUT2D eigenvalue weighted by Crippen LogP contribution is 2.55. The monoisotopic (exact) mass is 388 g/mol. The van der Waals surface area contributed by atoms with Crippen LogP contribution < -0.4 is 4.74 Å². The van der Waals surface area contributed by atoms with Gasteiger partial charge in [0.1, 0.15) is 17.1 Å². The molecule has 3 rings (SSSR count). The van der Waals surface area contributed by atoms with Crippen LogP contribution >= 0.6 is 0 Å². The summed E-state index contributed by atoms with van der Waals surface area (Å²) in [5.74, 6) is 1.70. The van der Waals surface area contributed by atoms with E-state index in [1.54, 1.807) is 0 Å². The quantitative estimate of drug-likeness (QED) is 0.528. The third kappa shape index (κ3) is 4.35. The van der Waals surface area contributed by atoms with Gasteiger partial charge in [-0.2, -0.15) is 0 Å². The summed E-state index contributed by atoms with van der Waals surface area (Å²) in [6, 6.07) is 4.13. The normalized spacial score (nSPS) is 26.3. The molecule has 0 bridgehead atoms. The van der Waals surface area contributed by atoms with Crippen molar-refractivity contribution in [2.45, 2.75) is 115 Å². The molecular weight excluding hydrogens is 348 g/mol. The van der Waals surface area contributed by atoms with Crippen LogP contribution in [-0.4, -0.2) is 21.9 Å². The summed E-state index contributed by atoms with van der Waals surface area (Å²) in [6.45, 7) is 11.1. The maximum absolute atomic E-state index is 11.0. The van der Waals surface area contributed by atoms with Crippen LogP contribution in [-0.2, 0) is 5.41 Å². The highest BCUT2D eigenvalue weighted by molar-refractivity contribution is 5.53. The second-order valence-electron chi connectivity index (χ2n) is 10.3. The van der Waals surface area contributed by atoms with Crippen molar-refractivity contribution in [2.24, 2.45) is 5.92 Å². The van der Waals surface area contributed by atoms with Crippen molar-refractivity contribution in [3.05, 3.63) is 23.3 Å². The minimum absolute atomic E-state index is 0.00908. The van der Waals surface area contributed by atoms with Crippen molar-refractivity contribution < 1.29 is 14.9 Å². The molecule has 0 saturated heterocycles. The number of rotatable bonds is 7. The van der Waals surface area contributed by atoms with E-state index in [0.29, 0.717) is 11.7 Å². The number of fused-ring (bicyclic) bond motifs is 3.